The minimum Gasteiger partial charge on any atom is -0.494 e. The van der Waals surface area contributed by atoms with E-state index >= 15 is 0 Å². The Hall–Kier alpha value is -6.43. The fourth-order valence-corrected chi connectivity index (χ4v) is 7.86. The molecule has 0 heterocycles. The number of benzene rings is 5. The van der Waals surface area contributed by atoms with E-state index in [1.807, 2.05) is 13.8 Å². The van der Waals surface area contributed by atoms with Gasteiger partial charge in [-0.25, -0.2) is 0 Å². The molecule has 372 valence electrons. The molecule has 0 aromatic heterocycles. The maximum Gasteiger partial charge on any atom is 0.258 e. The van der Waals surface area contributed by atoms with Crippen molar-refractivity contribution in [3.63, 3.8) is 0 Å². The van der Waals surface area contributed by atoms with Crippen LogP contribution in [0.5, 0.6) is 11.5 Å². The number of aryl methyl sites for hydroxylation is 2. The van der Waals surface area contributed by atoms with Crippen molar-refractivity contribution in [1.82, 2.24) is 0 Å². The first-order chi connectivity index (χ1) is 33.9. The van der Waals surface area contributed by atoms with E-state index < -0.39 is 52.7 Å². The zero-order valence-electron chi connectivity index (χ0n) is 39.1. The summed E-state index contributed by atoms with van der Waals surface area (Å²) in [6.07, 6.45) is 1.04. The predicted octanol–water partition coefficient (Wildman–Crippen LogP) is 12.5. The first-order valence-corrected chi connectivity index (χ1v) is 24.3. The molecule has 5 aromatic carbocycles. The van der Waals surface area contributed by atoms with Gasteiger partial charge in [-0.15, -0.1) is 34.8 Å². The summed E-state index contributed by atoms with van der Waals surface area (Å²) in [6, 6.07) is 19.9. The lowest BCUT2D eigenvalue weighted by Crippen LogP contribution is -2.32. The van der Waals surface area contributed by atoms with E-state index in [-0.39, 0.29) is 43.9 Å². The first-order valence-electron chi connectivity index (χ1n) is 22.0. The van der Waals surface area contributed by atoms with Gasteiger partial charge in [0.1, 0.15) is 11.5 Å². The summed E-state index contributed by atoms with van der Waals surface area (Å²) in [7, 11) is 0. The molecule has 0 bridgehead atoms. The lowest BCUT2D eigenvalue weighted by molar-refractivity contribution is -0.127. The number of anilines is 4. The highest BCUT2D eigenvalue weighted by Gasteiger charge is 2.27. The Morgan fingerprint density at radius 1 is 0.563 bits per heavy atom. The van der Waals surface area contributed by atoms with Crippen LogP contribution in [0.1, 0.15) is 77.4 Å². The number of ether oxygens (including phenoxy) is 2. The van der Waals surface area contributed by atoms with Crippen LogP contribution in [-0.2, 0) is 32.0 Å². The zero-order chi connectivity index (χ0) is 51.8. The summed E-state index contributed by atoms with van der Waals surface area (Å²) in [5.74, 6) is -2.00. The van der Waals surface area contributed by atoms with Crippen LogP contribution in [0.2, 0.25) is 10.0 Å². The van der Waals surface area contributed by atoms with Crippen LogP contribution < -0.4 is 30.7 Å². The number of hydrogen-bond acceptors (Lipinski definition) is 12. The Bertz CT molecular complexity index is 2860. The maximum absolute atomic E-state index is 13.6. The maximum atomic E-state index is 13.6. The molecule has 4 N–H and O–H groups in total. The third-order valence-electron chi connectivity index (χ3n) is 10.1. The zero-order valence-corrected chi connectivity index (χ0v) is 42.9. The number of amides is 4. The molecular formula is C50H49Cl5N8O8. The molecule has 0 fully saturated rings. The summed E-state index contributed by atoms with van der Waals surface area (Å²) in [4.78, 5) is 79.1. The highest BCUT2D eigenvalue weighted by Crippen LogP contribution is 2.32. The van der Waals surface area contributed by atoms with Crippen molar-refractivity contribution in [2.75, 3.05) is 46.2 Å². The summed E-state index contributed by atoms with van der Waals surface area (Å²) in [5.41, 5.74) is 3.76. The van der Waals surface area contributed by atoms with Gasteiger partial charge in [-0.3, -0.25) is 28.8 Å². The van der Waals surface area contributed by atoms with Gasteiger partial charge in [0.05, 0.1) is 30.0 Å². The average molecular weight is 1070 g/mol. The second kappa shape index (κ2) is 26.7. The molecule has 0 radical (unpaired) electrons. The summed E-state index contributed by atoms with van der Waals surface area (Å²) in [5, 5.41) is 26.6. The lowest BCUT2D eigenvalue weighted by atomic mass is 10.1. The van der Waals surface area contributed by atoms with Crippen LogP contribution in [0.25, 0.3) is 0 Å². The Kier molecular flexibility index (Phi) is 20.9. The molecule has 0 aliphatic heterocycles. The van der Waals surface area contributed by atoms with E-state index in [0.717, 1.165) is 25.0 Å². The van der Waals surface area contributed by atoms with Crippen molar-refractivity contribution in [3.8, 4) is 11.5 Å². The normalized spacial score (nSPS) is 12.5. The van der Waals surface area contributed by atoms with Gasteiger partial charge in [0.15, 0.2) is 11.6 Å². The van der Waals surface area contributed by atoms with E-state index in [1.165, 1.54) is 54.6 Å². The molecule has 21 heteroatoms. The number of alkyl halides is 3. The van der Waals surface area contributed by atoms with E-state index in [2.05, 4.69) is 41.7 Å². The molecule has 0 aliphatic carbocycles. The molecule has 16 nitrogen and oxygen atoms in total. The molecule has 5 aromatic rings. The van der Waals surface area contributed by atoms with E-state index in [9.17, 15) is 28.8 Å². The van der Waals surface area contributed by atoms with Crippen molar-refractivity contribution in [2.24, 2.45) is 20.5 Å². The largest absolute Gasteiger partial charge is 0.494 e. The van der Waals surface area contributed by atoms with Gasteiger partial charge in [-0.1, -0.05) is 23.2 Å². The number of Topliss-reactive ketones (excluding diaryl/α,β-unsaturated/α-hetero) is 2. The van der Waals surface area contributed by atoms with Gasteiger partial charge in [-0.05, 0) is 155 Å². The fourth-order valence-electron chi connectivity index (χ4n) is 6.81. The number of carbonyl (C=O) groups excluding carboxylic acids is 6. The molecule has 0 saturated carbocycles. The summed E-state index contributed by atoms with van der Waals surface area (Å²) < 4.78 is 11.3. The van der Waals surface area contributed by atoms with E-state index in [1.54, 1.807) is 43.3 Å². The number of hydrogen-bond donors (Lipinski definition) is 4. The number of rotatable bonds is 23. The van der Waals surface area contributed by atoms with Crippen molar-refractivity contribution < 1.29 is 38.2 Å². The topological polar surface area (TPSA) is 218 Å². The number of nitrogens with zero attached hydrogens (tertiary/aromatic N) is 4. The van der Waals surface area contributed by atoms with Gasteiger partial charge in [0.2, 0.25) is 12.1 Å². The Labute approximate surface area is 435 Å². The molecule has 0 saturated heterocycles. The van der Waals surface area contributed by atoms with Crippen LogP contribution in [-0.4, -0.2) is 72.3 Å². The molecular weight excluding hydrogens is 1020 g/mol. The van der Waals surface area contributed by atoms with Crippen LogP contribution in [0.15, 0.2) is 111 Å². The van der Waals surface area contributed by atoms with E-state index in [4.69, 9.17) is 67.5 Å². The molecule has 3 atom stereocenters. The number of halogens is 5. The number of carbonyl (C=O) groups is 6. The van der Waals surface area contributed by atoms with Crippen molar-refractivity contribution in [1.29, 1.82) is 0 Å². The molecule has 0 spiro atoms. The SMILES string of the molecule is CCOc1ccc(NC(=O)c2cc(Cl)cc(N=NC(C(C)=O)C(=O)Nc3ccc(NC(=O)C(N=Nc4cc(Cl)cc(C(=O)Nc5ccc(OCC)c(CCCl)c5)c4)C(C)=O)c(C(C)Cl)c3)c2)cc1CCCl. The van der Waals surface area contributed by atoms with Crippen LogP contribution in [0, 0.1) is 0 Å². The second-order valence-electron chi connectivity index (χ2n) is 15.5. The predicted molar refractivity (Wildman–Crippen MR) is 279 cm³/mol. The molecule has 0 aliphatic rings. The van der Waals surface area contributed by atoms with E-state index in [0.29, 0.717) is 66.3 Å². The smallest absolute Gasteiger partial charge is 0.258 e. The van der Waals surface area contributed by atoms with Gasteiger partial charge < -0.3 is 30.7 Å². The number of ketones is 2. The van der Waals surface area contributed by atoms with Crippen molar-refractivity contribution >= 4 is 127 Å². The van der Waals surface area contributed by atoms with Crippen molar-refractivity contribution in [3.05, 3.63) is 129 Å². The molecule has 5 rings (SSSR count). The van der Waals surface area contributed by atoms with Crippen LogP contribution >= 0.6 is 58.0 Å². The standard InChI is InChI=1S/C50H49Cl5N8O8/c1-6-70-43-12-9-36(20-30(43)14-16-51)56-47(66)32-18-34(54)24-39(22-32)60-62-45(28(4)64)49(68)58-38-8-11-42(41(26-38)27(3)53)59-50(69)46(29(5)65)63-61-40-23-33(19-35(55)25-40)48(67)57-37-10-13-44(71-7-2)31(21-37)15-17-52/h8-13,18-27,45-46H,6-7,14-17H2,1-5H3,(H,56,66)(H,57,67)(H,58,68)(H,59,69). The molecule has 4 amide bonds. The van der Waals surface area contributed by atoms with Crippen molar-refractivity contribution in [2.45, 2.75) is 64.9 Å². The highest BCUT2D eigenvalue weighted by molar-refractivity contribution is 6.32. The third-order valence-corrected chi connectivity index (χ3v) is 11.2. The molecule has 3 unspecified atom stereocenters. The first kappa shape index (κ1) is 55.5. The Morgan fingerprint density at radius 2 is 0.986 bits per heavy atom. The third kappa shape index (κ3) is 16.0. The number of nitrogens with one attached hydrogen (secondary N) is 4. The van der Waals surface area contributed by atoms with Gasteiger partial charge >= 0.3 is 0 Å². The van der Waals surface area contributed by atoms with Crippen LogP contribution in [0.4, 0.5) is 34.1 Å². The Morgan fingerprint density at radius 3 is 1.39 bits per heavy atom. The minimum absolute atomic E-state index is 0.0907. The van der Waals surface area contributed by atoms with Gasteiger partial charge in [0.25, 0.3) is 23.6 Å². The minimum atomic E-state index is -1.63. The molecule has 71 heavy (non-hydrogen) atoms. The van der Waals surface area contributed by atoms with Crippen LogP contribution in [0.3, 0.4) is 0 Å². The second-order valence-corrected chi connectivity index (χ2v) is 17.8. The average Bonchev–Trinajstić information content (AvgIpc) is 3.31. The van der Waals surface area contributed by atoms with Gasteiger partial charge in [-0.2, -0.15) is 20.5 Å². The van der Waals surface area contributed by atoms with Gasteiger partial charge in [0, 0.05) is 55.7 Å². The number of azo groups is 2. The summed E-state index contributed by atoms with van der Waals surface area (Å²) in [6.45, 7) is 8.59. The highest BCUT2D eigenvalue weighted by atomic mass is 35.5. The lowest BCUT2D eigenvalue weighted by Gasteiger charge is -2.17. The Balaban J connectivity index is 1.27. The quantitative estimate of drug-likeness (QED) is 0.0279. The fraction of sp³-hybridized carbons (Fsp3) is 0.280. The monoisotopic (exact) mass is 1060 g/mol. The summed E-state index contributed by atoms with van der Waals surface area (Å²) >= 11 is 31.2.